The summed E-state index contributed by atoms with van der Waals surface area (Å²) in [6, 6.07) is 14.7. The molecule has 0 saturated carbocycles. The number of benzene rings is 2. The van der Waals surface area contributed by atoms with Gasteiger partial charge in [-0.25, -0.2) is 0 Å². The second kappa shape index (κ2) is 8.44. The van der Waals surface area contributed by atoms with Crippen LogP contribution >= 0.6 is 11.6 Å². The van der Waals surface area contributed by atoms with Crippen molar-refractivity contribution in [3.8, 4) is 5.75 Å². The van der Waals surface area contributed by atoms with Gasteiger partial charge in [-0.3, -0.25) is 0 Å². The minimum atomic E-state index is 0.248. The van der Waals surface area contributed by atoms with Gasteiger partial charge in [0.05, 0.1) is 17.8 Å². The van der Waals surface area contributed by atoms with E-state index in [4.69, 9.17) is 16.3 Å². The summed E-state index contributed by atoms with van der Waals surface area (Å²) in [7, 11) is 1.75. The molecule has 0 heterocycles. The molecule has 0 fully saturated rings. The summed E-state index contributed by atoms with van der Waals surface area (Å²) < 4.78 is 5.46. The van der Waals surface area contributed by atoms with Crippen molar-refractivity contribution in [2.75, 3.05) is 19.0 Å². The third-order valence-corrected chi connectivity index (χ3v) is 7.36. The number of methoxy groups -OCH3 is 1. The highest BCUT2D eigenvalue weighted by atomic mass is 35.5. The van der Waals surface area contributed by atoms with Crippen molar-refractivity contribution in [2.24, 2.45) is 11.3 Å². The Kier molecular flexibility index (Phi) is 5.92. The predicted octanol–water partition coefficient (Wildman–Crippen LogP) is 7.38. The van der Waals surface area contributed by atoms with Gasteiger partial charge in [-0.1, -0.05) is 55.6 Å². The normalized spacial score (nSPS) is 23.4. The number of para-hydroxylation sites is 1. The van der Waals surface area contributed by atoms with Crippen LogP contribution in [-0.2, 0) is 6.42 Å². The van der Waals surface area contributed by atoms with Crippen LogP contribution in [0.3, 0.4) is 0 Å². The molecule has 2 aromatic carbocycles. The molecule has 2 aliphatic rings. The molecule has 0 aromatic heterocycles. The zero-order valence-electron chi connectivity index (χ0n) is 17.9. The highest BCUT2D eigenvalue weighted by Crippen LogP contribution is 2.52. The van der Waals surface area contributed by atoms with E-state index in [1.54, 1.807) is 18.3 Å². The Bertz CT molecular complexity index is 919. The highest BCUT2D eigenvalue weighted by molar-refractivity contribution is 6.33. The molecule has 1 N–H and O–H groups in total. The first-order chi connectivity index (χ1) is 14.1. The Balaban J connectivity index is 1.63. The summed E-state index contributed by atoms with van der Waals surface area (Å²) in [5.74, 6) is 1.60. The van der Waals surface area contributed by atoms with Crippen LogP contribution in [0, 0.1) is 11.3 Å². The second-order valence-corrected chi connectivity index (χ2v) is 9.26. The molecule has 154 valence electrons. The van der Waals surface area contributed by atoms with Gasteiger partial charge in [-0.15, -0.1) is 0 Å². The van der Waals surface area contributed by atoms with E-state index < -0.39 is 0 Å². The van der Waals surface area contributed by atoms with Crippen LogP contribution in [0.1, 0.15) is 57.1 Å². The standard InChI is InChI=1S/C26H32ClNO/c1-4-7-23-22-12-10-18-16-19(29-3)11-13-20(18)21(22)14-15-26(23,2)17-28-25-9-6-5-8-24(25)27/h5-6,8-9,11,13,16,23,28H,4,7,10,12,14-15,17H2,1-3H3/t23-,26+/m0/s1. The number of allylic oxidation sites excluding steroid dienone is 2. The van der Waals surface area contributed by atoms with Crippen LogP contribution in [-0.4, -0.2) is 13.7 Å². The number of fused-ring (bicyclic) bond motifs is 2. The molecule has 0 aliphatic heterocycles. The van der Waals surface area contributed by atoms with E-state index in [2.05, 4.69) is 43.4 Å². The maximum atomic E-state index is 6.39. The summed E-state index contributed by atoms with van der Waals surface area (Å²) in [6.07, 6.45) is 7.15. The Morgan fingerprint density at radius 2 is 1.97 bits per heavy atom. The van der Waals surface area contributed by atoms with Gasteiger partial charge in [-0.05, 0) is 84.4 Å². The number of aryl methyl sites for hydroxylation is 1. The average Bonchev–Trinajstić information content (AvgIpc) is 2.74. The molecule has 2 atom stereocenters. The van der Waals surface area contributed by atoms with Gasteiger partial charge in [0.15, 0.2) is 0 Å². The lowest BCUT2D eigenvalue weighted by Gasteiger charge is -2.46. The van der Waals surface area contributed by atoms with Crippen molar-refractivity contribution in [1.82, 2.24) is 0 Å². The Hall–Kier alpha value is -1.93. The number of halogens is 1. The molecule has 0 unspecified atom stereocenters. The first-order valence-corrected chi connectivity index (χ1v) is 11.3. The van der Waals surface area contributed by atoms with Crippen LogP contribution in [0.25, 0.3) is 5.57 Å². The van der Waals surface area contributed by atoms with Crippen LogP contribution in [0.5, 0.6) is 5.75 Å². The lowest BCUT2D eigenvalue weighted by atomic mass is 9.60. The fourth-order valence-corrected chi connectivity index (χ4v) is 5.60. The molecule has 2 nitrogen and oxygen atoms in total. The van der Waals surface area contributed by atoms with Crippen molar-refractivity contribution < 1.29 is 4.74 Å². The summed E-state index contributed by atoms with van der Waals surface area (Å²) in [5.41, 5.74) is 7.54. The van der Waals surface area contributed by atoms with Crippen LogP contribution in [0.15, 0.2) is 48.0 Å². The molecule has 0 amide bonds. The van der Waals surface area contributed by atoms with E-state index in [9.17, 15) is 0 Å². The minimum absolute atomic E-state index is 0.248. The molecule has 0 saturated heterocycles. The smallest absolute Gasteiger partial charge is 0.119 e. The van der Waals surface area contributed by atoms with Crippen LogP contribution in [0.2, 0.25) is 5.02 Å². The monoisotopic (exact) mass is 409 g/mol. The lowest BCUT2D eigenvalue weighted by molar-refractivity contribution is 0.191. The van der Waals surface area contributed by atoms with Crippen molar-refractivity contribution >= 4 is 22.9 Å². The summed E-state index contributed by atoms with van der Waals surface area (Å²) >= 11 is 6.39. The van der Waals surface area contributed by atoms with Gasteiger partial charge in [0.25, 0.3) is 0 Å². The second-order valence-electron chi connectivity index (χ2n) is 8.86. The van der Waals surface area contributed by atoms with E-state index in [0.717, 1.165) is 35.8 Å². The van der Waals surface area contributed by atoms with E-state index in [1.165, 1.54) is 36.8 Å². The fourth-order valence-electron chi connectivity index (χ4n) is 5.40. The molecule has 0 spiro atoms. The zero-order chi connectivity index (χ0) is 20.4. The SMILES string of the molecule is CCC[C@H]1C2=C(CC[C@]1(C)CNc1ccccc1Cl)c1ccc(OC)cc1CC2. The summed E-state index contributed by atoms with van der Waals surface area (Å²) in [6.45, 7) is 5.76. The molecule has 2 aromatic rings. The van der Waals surface area contributed by atoms with Crippen molar-refractivity contribution in [3.63, 3.8) is 0 Å². The van der Waals surface area contributed by atoms with Crippen LogP contribution < -0.4 is 10.1 Å². The molecule has 0 radical (unpaired) electrons. The Morgan fingerprint density at radius 3 is 2.72 bits per heavy atom. The predicted molar refractivity (Wildman–Crippen MR) is 124 cm³/mol. The van der Waals surface area contributed by atoms with Gasteiger partial charge in [0, 0.05) is 6.54 Å². The number of hydrogen-bond acceptors (Lipinski definition) is 2. The largest absolute Gasteiger partial charge is 0.497 e. The number of rotatable bonds is 6. The molecule has 2 aliphatic carbocycles. The number of ether oxygens (including phenoxy) is 1. The Labute approximate surface area is 180 Å². The first-order valence-electron chi connectivity index (χ1n) is 10.9. The number of nitrogens with one attached hydrogen (secondary N) is 1. The topological polar surface area (TPSA) is 21.3 Å². The van der Waals surface area contributed by atoms with Gasteiger partial charge in [0.2, 0.25) is 0 Å². The molecular formula is C26H32ClNO. The average molecular weight is 410 g/mol. The Morgan fingerprint density at radius 1 is 1.14 bits per heavy atom. The van der Waals surface area contributed by atoms with E-state index in [-0.39, 0.29) is 5.41 Å². The van der Waals surface area contributed by atoms with E-state index in [0.29, 0.717) is 5.92 Å². The van der Waals surface area contributed by atoms with Crippen LogP contribution in [0.4, 0.5) is 5.69 Å². The minimum Gasteiger partial charge on any atom is -0.497 e. The first kappa shape index (κ1) is 20.3. The van der Waals surface area contributed by atoms with Gasteiger partial charge < -0.3 is 10.1 Å². The molecule has 3 heteroatoms. The fraction of sp³-hybridized carbons (Fsp3) is 0.462. The van der Waals surface area contributed by atoms with Gasteiger partial charge in [0.1, 0.15) is 5.75 Å². The van der Waals surface area contributed by atoms with Crippen molar-refractivity contribution in [3.05, 3.63) is 64.2 Å². The van der Waals surface area contributed by atoms with E-state index >= 15 is 0 Å². The number of anilines is 1. The summed E-state index contributed by atoms with van der Waals surface area (Å²) in [5, 5.41) is 4.48. The highest BCUT2D eigenvalue weighted by Gasteiger charge is 2.41. The maximum absolute atomic E-state index is 6.39. The molecular weight excluding hydrogens is 378 g/mol. The lowest BCUT2D eigenvalue weighted by Crippen LogP contribution is -2.39. The van der Waals surface area contributed by atoms with Crippen molar-refractivity contribution in [2.45, 2.75) is 52.4 Å². The zero-order valence-corrected chi connectivity index (χ0v) is 18.6. The van der Waals surface area contributed by atoms with E-state index in [1.807, 2.05) is 18.2 Å². The molecule has 29 heavy (non-hydrogen) atoms. The van der Waals surface area contributed by atoms with Gasteiger partial charge >= 0.3 is 0 Å². The van der Waals surface area contributed by atoms with Crippen molar-refractivity contribution in [1.29, 1.82) is 0 Å². The maximum Gasteiger partial charge on any atom is 0.119 e. The molecule has 4 rings (SSSR count). The third-order valence-electron chi connectivity index (χ3n) is 7.03. The number of hydrogen-bond donors (Lipinski definition) is 1. The van der Waals surface area contributed by atoms with Gasteiger partial charge in [-0.2, -0.15) is 0 Å². The third kappa shape index (κ3) is 3.92. The summed E-state index contributed by atoms with van der Waals surface area (Å²) in [4.78, 5) is 0. The quantitative estimate of drug-likeness (QED) is 0.537. The molecule has 0 bridgehead atoms.